The molecule has 2 amide bonds. The summed E-state index contributed by atoms with van der Waals surface area (Å²) in [6.07, 6.45) is 2.10. The monoisotopic (exact) mass is 470 g/mol. The van der Waals surface area contributed by atoms with Gasteiger partial charge in [-0.2, -0.15) is 5.10 Å². The van der Waals surface area contributed by atoms with Gasteiger partial charge in [-0.15, -0.1) is 0 Å². The molecule has 3 aromatic rings. The molecule has 1 aliphatic rings. The summed E-state index contributed by atoms with van der Waals surface area (Å²) in [5, 5.41) is 12.7. The zero-order chi connectivity index (χ0) is 22.7. The van der Waals surface area contributed by atoms with Gasteiger partial charge in [0.05, 0.1) is 29.2 Å². The van der Waals surface area contributed by atoms with E-state index in [-0.39, 0.29) is 24.4 Å². The fourth-order valence-electron chi connectivity index (χ4n) is 3.43. The van der Waals surface area contributed by atoms with Crippen molar-refractivity contribution < 1.29 is 14.0 Å². The highest BCUT2D eigenvalue weighted by molar-refractivity contribution is 6.34. The number of hydrazone groups is 1. The fourth-order valence-corrected chi connectivity index (χ4v) is 3.79. The first-order valence-electron chi connectivity index (χ1n) is 9.90. The van der Waals surface area contributed by atoms with Crippen molar-refractivity contribution in [3.63, 3.8) is 0 Å². The summed E-state index contributed by atoms with van der Waals surface area (Å²) < 4.78 is 5.56. The van der Waals surface area contributed by atoms with E-state index in [1.165, 1.54) is 11.9 Å². The molecule has 1 aliphatic heterocycles. The first kappa shape index (κ1) is 21.9. The van der Waals surface area contributed by atoms with Crippen molar-refractivity contribution in [1.82, 2.24) is 5.01 Å². The van der Waals surface area contributed by atoms with Crippen LogP contribution in [0.3, 0.4) is 0 Å². The Labute approximate surface area is 195 Å². The molecule has 9 heteroatoms. The SMILES string of the molecule is CC(=O)Nc1ccc(NCC(=O)N2N=C(c3ccc(Cl)cc3)CC2c2ccco2)cc1Cl. The van der Waals surface area contributed by atoms with Crippen molar-refractivity contribution in [3.8, 4) is 0 Å². The standard InChI is InChI=1S/C23H20Cl2N4O3/c1-14(30)27-19-9-8-17(11-18(19)25)26-13-23(31)29-21(22-3-2-10-32-22)12-20(28-29)15-4-6-16(24)7-5-15/h2-11,21,26H,12-13H2,1H3,(H,27,30). The van der Waals surface area contributed by atoms with E-state index in [1.807, 2.05) is 18.2 Å². The molecule has 1 unspecified atom stereocenters. The van der Waals surface area contributed by atoms with Crippen molar-refractivity contribution in [2.75, 3.05) is 17.2 Å². The van der Waals surface area contributed by atoms with Crippen molar-refractivity contribution in [2.45, 2.75) is 19.4 Å². The molecule has 7 nitrogen and oxygen atoms in total. The van der Waals surface area contributed by atoms with Crippen LogP contribution >= 0.6 is 23.2 Å². The summed E-state index contributed by atoms with van der Waals surface area (Å²) in [7, 11) is 0. The van der Waals surface area contributed by atoms with E-state index in [0.29, 0.717) is 33.6 Å². The second-order valence-corrected chi connectivity index (χ2v) is 8.10. The number of benzene rings is 2. The first-order chi connectivity index (χ1) is 15.4. The minimum atomic E-state index is -0.337. The molecule has 1 aromatic heterocycles. The summed E-state index contributed by atoms with van der Waals surface area (Å²) >= 11 is 12.2. The van der Waals surface area contributed by atoms with Crippen LogP contribution in [0.15, 0.2) is 70.4 Å². The maximum atomic E-state index is 13.1. The molecule has 0 spiro atoms. The van der Waals surface area contributed by atoms with Crippen LogP contribution in [0, 0.1) is 0 Å². The highest BCUT2D eigenvalue weighted by Gasteiger charge is 2.34. The summed E-state index contributed by atoms with van der Waals surface area (Å²) in [6.45, 7) is 1.41. The Morgan fingerprint density at radius 1 is 1.16 bits per heavy atom. The van der Waals surface area contributed by atoms with Crippen LogP contribution in [0.5, 0.6) is 0 Å². The minimum absolute atomic E-state index is 0.00438. The second kappa shape index (κ2) is 9.46. The number of anilines is 2. The molecule has 0 bridgehead atoms. The number of hydrogen-bond donors (Lipinski definition) is 2. The number of hydrogen-bond acceptors (Lipinski definition) is 5. The number of amides is 2. The Morgan fingerprint density at radius 2 is 1.94 bits per heavy atom. The van der Waals surface area contributed by atoms with Crippen molar-refractivity contribution >= 4 is 52.1 Å². The second-order valence-electron chi connectivity index (χ2n) is 7.26. The van der Waals surface area contributed by atoms with Gasteiger partial charge in [-0.25, -0.2) is 5.01 Å². The van der Waals surface area contributed by atoms with E-state index < -0.39 is 0 Å². The van der Waals surface area contributed by atoms with Gasteiger partial charge in [0.1, 0.15) is 11.8 Å². The van der Waals surface area contributed by atoms with E-state index in [9.17, 15) is 9.59 Å². The maximum absolute atomic E-state index is 13.1. The normalized spacial score (nSPS) is 15.4. The molecule has 32 heavy (non-hydrogen) atoms. The fraction of sp³-hybridized carbons (Fsp3) is 0.174. The third-order valence-corrected chi connectivity index (χ3v) is 5.50. The Hall–Kier alpha value is -3.29. The van der Waals surface area contributed by atoms with Gasteiger partial charge in [0.15, 0.2) is 0 Å². The molecule has 0 fully saturated rings. The van der Waals surface area contributed by atoms with Crippen LogP contribution in [0.1, 0.15) is 30.7 Å². The van der Waals surface area contributed by atoms with Gasteiger partial charge in [-0.3, -0.25) is 9.59 Å². The number of nitrogens with zero attached hydrogens (tertiary/aromatic N) is 2. The van der Waals surface area contributed by atoms with Crippen molar-refractivity contribution in [3.05, 3.63) is 82.2 Å². The van der Waals surface area contributed by atoms with Gasteiger partial charge in [-0.1, -0.05) is 35.3 Å². The molecule has 0 saturated carbocycles. The molecular weight excluding hydrogens is 451 g/mol. The van der Waals surface area contributed by atoms with Crippen LogP contribution in [0.25, 0.3) is 0 Å². The molecule has 2 aromatic carbocycles. The van der Waals surface area contributed by atoms with Crippen molar-refractivity contribution in [2.24, 2.45) is 5.10 Å². The number of nitrogens with one attached hydrogen (secondary N) is 2. The molecule has 0 aliphatic carbocycles. The molecule has 2 heterocycles. The Bertz CT molecular complexity index is 1160. The molecule has 0 saturated heterocycles. The summed E-state index contributed by atoms with van der Waals surface area (Å²) in [5.74, 6) is 0.223. The third kappa shape index (κ3) is 4.95. The molecule has 164 valence electrons. The number of furan rings is 1. The Morgan fingerprint density at radius 3 is 2.59 bits per heavy atom. The molecule has 1 atom stereocenters. The summed E-state index contributed by atoms with van der Waals surface area (Å²) in [4.78, 5) is 24.3. The van der Waals surface area contributed by atoms with E-state index in [4.69, 9.17) is 27.6 Å². The summed E-state index contributed by atoms with van der Waals surface area (Å²) in [5.41, 5.74) is 2.83. The number of rotatable bonds is 6. The van der Waals surface area contributed by atoms with Crippen LogP contribution in [0.2, 0.25) is 10.0 Å². The van der Waals surface area contributed by atoms with Gasteiger partial charge in [0.2, 0.25) is 5.91 Å². The van der Waals surface area contributed by atoms with Gasteiger partial charge >= 0.3 is 0 Å². The average Bonchev–Trinajstić information content (AvgIpc) is 3.44. The number of carbonyl (C=O) groups is 2. The molecule has 2 N–H and O–H groups in total. The highest BCUT2D eigenvalue weighted by Crippen LogP contribution is 2.33. The summed E-state index contributed by atoms with van der Waals surface area (Å²) in [6, 6.07) is 15.7. The Kier molecular flexibility index (Phi) is 6.48. The predicted octanol–water partition coefficient (Wildman–Crippen LogP) is 5.33. The van der Waals surface area contributed by atoms with E-state index in [1.54, 1.807) is 42.7 Å². The zero-order valence-corrected chi connectivity index (χ0v) is 18.7. The molecule has 0 radical (unpaired) electrons. The van der Waals surface area contributed by atoms with Crippen LogP contribution in [-0.4, -0.2) is 29.1 Å². The van der Waals surface area contributed by atoms with Crippen LogP contribution in [0.4, 0.5) is 11.4 Å². The van der Waals surface area contributed by atoms with E-state index in [0.717, 1.165) is 11.3 Å². The lowest BCUT2D eigenvalue weighted by molar-refractivity contribution is -0.131. The molecular formula is C23H20Cl2N4O3. The van der Waals surface area contributed by atoms with Crippen LogP contribution < -0.4 is 10.6 Å². The third-order valence-electron chi connectivity index (χ3n) is 4.94. The predicted molar refractivity (Wildman–Crippen MR) is 125 cm³/mol. The Balaban J connectivity index is 1.50. The lowest BCUT2D eigenvalue weighted by Crippen LogP contribution is -2.32. The quantitative estimate of drug-likeness (QED) is 0.509. The van der Waals surface area contributed by atoms with Gasteiger partial charge in [0, 0.05) is 24.1 Å². The van der Waals surface area contributed by atoms with Gasteiger partial charge in [-0.05, 0) is 48.0 Å². The van der Waals surface area contributed by atoms with E-state index >= 15 is 0 Å². The lowest BCUT2D eigenvalue weighted by atomic mass is 10.0. The topological polar surface area (TPSA) is 86.9 Å². The average molecular weight is 471 g/mol. The smallest absolute Gasteiger partial charge is 0.262 e. The lowest BCUT2D eigenvalue weighted by Gasteiger charge is -2.20. The maximum Gasteiger partial charge on any atom is 0.262 e. The van der Waals surface area contributed by atoms with Crippen molar-refractivity contribution in [1.29, 1.82) is 0 Å². The molecule has 4 rings (SSSR count). The minimum Gasteiger partial charge on any atom is -0.467 e. The number of halogens is 2. The highest BCUT2D eigenvalue weighted by atomic mass is 35.5. The van der Waals surface area contributed by atoms with Crippen LogP contribution in [-0.2, 0) is 9.59 Å². The first-order valence-corrected chi connectivity index (χ1v) is 10.7. The van der Waals surface area contributed by atoms with Gasteiger partial charge < -0.3 is 15.1 Å². The van der Waals surface area contributed by atoms with Gasteiger partial charge in [0.25, 0.3) is 5.91 Å². The zero-order valence-electron chi connectivity index (χ0n) is 17.1. The van der Waals surface area contributed by atoms with E-state index in [2.05, 4.69) is 15.7 Å². The number of carbonyl (C=O) groups excluding carboxylic acids is 2. The largest absolute Gasteiger partial charge is 0.467 e.